The Morgan fingerprint density at radius 2 is 2.06 bits per heavy atom. The van der Waals surface area contributed by atoms with Crippen LogP contribution in [0.3, 0.4) is 0 Å². The fourth-order valence-corrected chi connectivity index (χ4v) is 1.68. The summed E-state index contributed by atoms with van der Waals surface area (Å²) < 4.78 is 0. The number of aryl methyl sites for hydroxylation is 2. The van der Waals surface area contributed by atoms with Crippen LogP contribution in [0.25, 0.3) is 10.9 Å². The second-order valence-electron chi connectivity index (χ2n) is 3.68. The van der Waals surface area contributed by atoms with Crippen molar-refractivity contribution in [2.45, 2.75) is 20.3 Å². The van der Waals surface area contributed by atoms with Gasteiger partial charge in [-0.25, -0.2) is 10.8 Å². The lowest BCUT2D eigenvalue weighted by atomic mass is 10.1. The first-order valence-corrected chi connectivity index (χ1v) is 5.11. The molecule has 86 valence electrons. The minimum Gasteiger partial charge on any atom is -0.308 e. The number of nitrogens with zero attached hydrogens (tertiary/aromatic N) is 1. The fraction of sp³-hybridized carbons (Fsp3) is 0.250. The summed E-state index contributed by atoms with van der Waals surface area (Å²) >= 11 is 0. The summed E-state index contributed by atoms with van der Waals surface area (Å²) in [5.74, 6) is 6.15. The van der Waals surface area contributed by atoms with Gasteiger partial charge in [-0.3, -0.25) is 0 Å². The Bertz CT molecular complexity index is 497. The molecular weight excluding hydrogens is 222 g/mol. The molecule has 0 aliphatic carbocycles. The van der Waals surface area contributed by atoms with Crippen LogP contribution in [0.4, 0.5) is 5.82 Å². The first-order valence-electron chi connectivity index (χ1n) is 5.11. The molecule has 2 aromatic rings. The third kappa shape index (κ3) is 2.26. The van der Waals surface area contributed by atoms with Gasteiger partial charge in [-0.2, -0.15) is 0 Å². The summed E-state index contributed by atoms with van der Waals surface area (Å²) in [5, 5.41) is 1.16. The molecule has 1 aromatic carbocycles. The molecule has 4 heteroatoms. The van der Waals surface area contributed by atoms with E-state index >= 15 is 0 Å². The Morgan fingerprint density at radius 3 is 2.69 bits per heavy atom. The van der Waals surface area contributed by atoms with Crippen LogP contribution in [0.5, 0.6) is 0 Å². The average Bonchev–Trinajstić information content (AvgIpc) is 2.27. The molecule has 0 saturated carbocycles. The van der Waals surface area contributed by atoms with Gasteiger partial charge in [0, 0.05) is 5.39 Å². The molecule has 16 heavy (non-hydrogen) atoms. The number of pyridine rings is 1. The number of fused-ring (bicyclic) bond motifs is 1. The van der Waals surface area contributed by atoms with E-state index in [1.54, 1.807) is 0 Å². The quantitative estimate of drug-likeness (QED) is 0.624. The zero-order chi connectivity index (χ0) is 10.8. The maximum Gasteiger partial charge on any atom is 0.143 e. The van der Waals surface area contributed by atoms with E-state index < -0.39 is 0 Å². The minimum atomic E-state index is 0. The van der Waals surface area contributed by atoms with Gasteiger partial charge in [0.15, 0.2) is 0 Å². The average molecular weight is 238 g/mol. The Kier molecular flexibility index (Phi) is 4.10. The van der Waals surface area contributed by atoms with Crippen molar-refractivity contribution in [2.75, 3.05) is 5.43 Å². The molecule has 0 radical (unpaired) electrons. The normalized spacial score (nSPS) is 9.94. The van der Waals surface area contributed by atoms with Gasteiger partial charge < -0.3 is 5.43 Å². The highest BCUT2D eigenvalue weighted by Crippen LogP contribution is 2.20. The second-order valence-corrected chi connectivity index (χ2v) is 3.68. The summed E-state index contributed by atoms with van der Waals surface area (Å²) in [7, 11) is 0. The van der Waals surface area contributed by atoms with E-state index in [1.807, 2.05) is 6.92 Å². The molecule has 0 atom stereocenters. The number of nitrogen functional groups attached to an aromatic ring is 1. The van der Waals surface area contributed by atoms with Crippen LogP contribution in [-0.2, 0) is 6.42 Å². The van der Waals surface area contributed by atoms with Gasteiger partial charge in [0.25, 0.3) is 0 Å². The van der Waals surface area contributed by atoms with Crippen molar-refractivity contribution in [3.63, 3.8) is 0 Å². The van der Waals surface area contributed by atoms with Crippen molar-refractivity contribution in [2.24, 2.45) is 5.84 Å². The highest BCUT2D eigenvalue weighted by Gasteiger charge is 2.02. The number of nitrogens with one attached hydrogen (secondary N) is 1. The molecule has 0 unspecified atom stereocenters. The van der Waals surface area contributed by atoms with Gasteiger partial charge in [-0.1, -0.05) is 19.1 Å². The number of benzene rings is 1. The Balaban J connectivity index is 0.00000128. The van der Waals surface area contributed by atoms with E-state index in [0.29, 0.717) is 0 Å². The van der Waals surface area contributed by atoms with Crippen LogP contribution in [0.2, 0.25) is 0 Å². The summed E-state index contributed by atoms with van der Waals surface area (Å²) in [6, 6.07) is 8.44. The zero-order valence-corrected chi connectivity index (χ0v) is 10.3. The highest BCUT2D eigenvalue weighted by atomic mass is 35.5. The summed E-state index contributed by atoms with van der Waals surface area (Å²) in [4.78, 5) is 4.47. The number of hydrazine groups is 1. The van der Waals surface area contributed by atoms with Crippen LogP contribution in [0, 0.1) is 6.92 Å². The molecule has 1 aromatic heterocycles. The van der Waals surface area contributed by atoms with E-state index in [-0.39, 0.29) is 12.4 Å². The molecule has 0 amide bonds. The topological polar surface area (TPSA) is 50.9 Å². The third-order valence-corrected chi connectivity index (χ3v) is 2.62. The van der Waals surface area contributed by atoms with E-state index in [0.717, 1.165) is 28.7 Å². The maximum absolute atomic E-state index is 5.40. The predicted octanol–water partition coefficient (Wildman–Crippen LogP) is 2.81. The number of rotatable bonds is 2. The Morgan fingerprint density at radius 1 is 1.31 bits per heavy atom. The fourth-order valence-electron chi connectivity index (χ4n) is 1.68. The molecule has 0 aliphatic rings. The van der Waals surface area contributed by atoms with Crippen molar-refractivity contribution in [1.29, 1.82) is 0 Å². The van der Waals surface area contributed by atoms with Crippen LogP contribution >= 0.6 is 12.4 Å². The minimum absolute atomic E-state index is 0. The molecule has 3 nitrogen and oxygen atoms in total. The van der Waals surface area contributed by atoms with Crippen molar-refractivity contribution in [3.05, 3.63) is 35.4 Å². The maximum atomic E-state index is 5.40. The van der Waals surface area contributed by atoms with Gasteiger partial charge in [0.05, 0.1) is 5.52 Å². The second kappa shape index (κ2) is 5.14. The van der Waals surface area contributed by atoms with Crippen molar-refractivity contribution in [3.8, 4) is 0 Å². The van der Waals surface area contributed by atoms with Gasteiger partial charge >= 0.3 is 0 Å². The van der Waals surface area contributed by atoms with E-state index in [2.05, 4.69) is 41.6 Å². The number of hydrogen-bond donors (Lipinski definition) is 2. The zero-order valence-electron chi connectivity index (χ0n) is 9.45. The smallest absolute Gasteiger partial charge is 0.143 e. The molecule has 1 heterocycles. The number of anilines is 1. The third-order valence-electron chi connectivity index (χ3n) is 2.62. The van der Waals surface area contributed by atoms with Gasteiger partial charge in [0.2, 0.25) is 0 Å². The molecule has 3 N–H and O–H groups in total. The molecule has 0 saturated heterocycles. The standard InChI is InChI=1S/C12H15N3.ClH/c1-3-9-4-5-10-6-8(2)12(15-13)14-11(10)7-9;/h4-7H,3,13H2,1-2H3,(H,14,15);1H. The first kappa shape index (κ1) is 12.7. The van der Waals surface area contributed by atoms with E-state index in [9.17, 15) is 0 Å². The van der Waals surface area contributed by atoms with Crippen LogP contribution in [-0.4, -0.2) is 4.98 Å². The predicted molar refractivity (Wildman–Crippen MR) is 70.9 cm³/mol. The van der Waals surface area contributed by atoms with Gasteiger partial charge in [0.1, 0.15) is 5.82 Å². The van der Waals surface area contributed by atoms with Gasteiger partial charge in [-0.15, -0.1) is 12.4 Å². The highest BCUT2D eigenvalue weighted by molar-refractivity contribution is 5.85. The number of hydrogen-bond acceptors (Lipinski definition) is 3. The molecule has 0 aliphatic heterocycles. The number of aromatic nitrogens is 1. The van der Waals surface area contributed by atoms with Crippen molar-refractivity contribution < 1.29 is 0 Å². The van der Waals surface area contributed by atoms with Crippen molar-refractivity contribution in [1.82, 2.24) is 4.98 Å². The van der Waals surface area contributed by atoms with E-state index in [4.69, 9.17) is 5.84 Å². The largest absolute Gasteiger partial charge is 0.308 e. The van der Waals surface area contributed by atoms with Crippen LogP contribution < -0.4 is 11.3 Å². The molecule has 0 fully saturated rings. The van der Waals surface area contributed by atoms with Crippen LogP contribution in [0.15, 0.2) is 24.3 Å². The molecule has 0 bridgehead atoms. The lowest BCUT2D eigenvalue weighted by Gasteiger charge is -2.07. The molecule has 0 spiro atoms. The monoisotopic (exact) mass is 237 g/mol. The number of halogens is 1. The van der Waals surface area contributed by atoms with Gasteiger partial charge in [-0.05, 0) is 36.6 Å². The summed E-state index contributed by atoms with van der Waals surface area (Å²) in [6.45, 7) is 4.13. The number of nitrogens with two attached hydrogens (primary N) is 1. The molecule has 2 rings (SSSR count). The molecular formula is C12H16ClN3. The Labute approximate surface area is 101 Å². The lowest BCUT2D eigenvalue weighted by Crippen LogP contribution is -2.10. The van der Waals surface area contributed by atoms with Crippen LogP contribution in [0.1, 0.15) is 18.1 Å². The summed E-state index contributed by atoms with van der Waals surface area (Å²) in [6.07, 6.45) is 1.02. The first-order chi connectivity index (χ1) is 7.24. The van der Waals surface area contributed by atoms with E-state index in [1.165, 1.54) is 5.56 Å². The Hall–Kier alpha value is -1.32. The van der Waals surface area contributed by atoms with Crippen molar-refractivity contribution >= 4 is 29.1 Å². The SMILES string of the molecule is CCc1ccc2cc(C)c(NN)nc2c1.Cl. The summed E-state index contributed by atoms with van der Waals surface area (Å²) in [5.41, 5.74) is 5.96. The lowest BCUT2D eigenvalue weighted by molar-refractivity contribution is 1.14.